The van der Waals surface area contributed by atoms with Crippen molar-refractivity contribution >= 4 is 0 Å². The van der Waals surface area contributed by atoms with Gasteiger partial charge in [0, 0.05) is 6.54 Å². The van der Waals surface area contributed by atoms with Gasteiger partial charge in [0.15, 0.2) is 0 Å². The van der Waals surface area contributed by atoms with Crippen molar-refractivity contribution in [1.29, 1.82) is 0 Å². The van der Waals surface area contributed by atoms with Gasteiger partial charge in [0.1, 0.15) is 0 Å². The summed E-state index contributed by atoms with van der Waals surface area (Å²) in [5.74, 6) is 2.49. The van der Waals surface area contributed by atoms with E-state index < -0.39 is 0 Å². The summed E-state index contributed by atoms with van der Waals surface area (Å²) in [5.41, 5.74) is 0. The van der Waals surface area contributed by atoms with Crippen LogP contribution < -0.4 is 5.32 Å². The lowest BCUT2D eigenvalue weighted by atomic mass is 10.4. The molecule has 0 aliphatic heterocycles. The van der Waals surface area contributed by atoms with Gasteiger partial charge in [-0.15, -0.1) is 13.0 Å². The van der Waals surface area contributed by atoms with Crippen LogP contribution in [0.4, 0.5) is 0 Å². The minimum Gasteiger partial charge on any atom is -0.380 e. The Kier molecular flexibility index (Phi) is 8.57. The maximum atomic E-state index is 5.22. The fourth-order valence-electron chi connectivity index (χ4n) is 0.574. The SMILES string of the molecule is C#CCNCCOCCC=C. The summed E-state index contributed by atoms with van der Waals surface area (Å²) in [6, 6.07) is 0. The molecule has 0 spiro atoms. The summed E-state index contributed by atoms with van der Waals surface area (Å²) >= 11 is 0. The van der Waals surface area contributed by atoms with Crippen LogP contribution in [-0.2, 0) is 4.74 Å². The molecule has 0 aromatic rings. The highest BCUT2D eigenvalue weighted by molar-refractivity contribution is 4.86. The van der Waals surface area contributed by atoms with E-state index in [1.165, 1.54) is 0 Å². The Morgan fingerprint density at radius 3 is 3.00 bits per heavy atom. The van der Waals surface area contributed by atoms with E-state index in [0.717, 1.165) is 26.2 Å². The van der Waals surface area contributed by atoms with Crippen molar-refractivity contribution in [1.82, 2.24) is 5.32 Å². The zero-order chi connectivity index (χ0) is 8.36. The minimum atomic E-state index is 0.616. The lowest BCUT2D eigenvalue weighted by Crippen LogP contribution is -2.19. The summed E-state index contributed by atoms with van der Waals surface area (Å²) in [6.45, 7) is 6.49. The topological polar surface area (TPSA) is 21.3 Å². The molecule has 0 aliphatic rings. The molecule has 1 N–H and O–H groups in total. The Balaban J connectivity index is 2.80. The van der Waals surface area contributed by atoms with Crippen LogP contribution in [0.15, 0.2) is 12.7 Å². The summed E-state index contributed by atoms with van der Waals surface area (Å²) in [7, 11) is 0. The maximum Gasteiger partial charge on any atom is 0.0591 e. The Morgan fingerprint density at radius 2 is 2.36 bits per heavy atom. The van der Waals surface area contributed by atoms with Gasteiger partial charge in [0.2, 0.25) is 0 Å². The monoisotopic (exact) mass is 153 g/mol. The average Bonchev–Trinajstić information content (AvgIpc) is 2.03. The Hall–Kier alpha value is -0.780. The quantitative estimate of drug-likeness (QED) is 0.332. The predicted octanol–water partition coefficient (Wildman–Crippen LogP) is 0.802. The molecule has 0 atom stereocenters. The van der Waals surface area contributed by atoms with Crippen LogP contribution in [0, 0.1) is 12.3 Å². The van der Waals surface area contributed by atoms with E-state index in [9.17, 15) is 0 Å². The standard InChI is InChI=1S/C9H15NO/c1-3-5-8-11-9-7-10-6-4-2/h2-3,10H,1,5-9H2. The van der Waals surface area contributed by atoms with Gasteiger partial charge in [-0.2, -0.15) is 0 Å². The highest BCUT2D eigenvalue weighted by atomic mass is 16.5. The minimum absolute atomic E-state index is 0.616. The molecule has 0 radical (unpaired) electrons. The largest absolute Gasteiger partial charge is 0.380 e. The van der Waals surface area contributed by atoms with Gasteiger partial charge in [0.25, 0.3) is 0 Å². The van der Waals surface area contributed by atoms with Crippen molar-refractivity contribution in [2.24, 2.45) is 0 Å². The number of terminal acetylenes is 1. The van der Waals surface area contributed by atoms with Crippen LogP contribution in [0.2, 0.25) is 0 Å². The molecule has 0 aromatic carbocycles. The Bertz CT molecular complexity index is 126. The lowest BCUT2D eigenvalue weighted by Gasteiger charge is -2.01. The zero-order valence-electron chi connectivity index (χ0n) is 6.81. The highest BCUT2D eigenvalue weighted by Crippen LogP contribution is 1.80. The molecular weight excluding hydrogens is 138 g/mol. The van der Waals surface area contributed by atoms with Crippen LogP contribution in [0.1, 0.15) is 6.42 Å². The van der Waals surface area contributed by atoms with E-state index in [0.29, 0.717) is 6.54 Å². The van der Waals surface area contributed by atoms with Crippen LogP contribution in [0.25, 0.3) is 0 Å². The van der Waals surface area contributed by atoms with Crippen LogP contribution >= 0.6 is 0 Å². The third-order valence-corrected chi connectivity index (χ3v) is 1.12. The molecule has 62 valence electrons. The normalized spacial score (nSPS) is 9.00. The van der Waals surface area contributed by atoms with E-state index in [4.69, 9.17) is 11.2 Å². The van der Waals surface area contributed by atoms with Gasteiger partial charge >= 0.3 is 0 Å². The van der Waals surface area contributed by atoms with Crippen molar-refractivity contribution in [3.63, 3.8) is 0 Å². The molecule has 0 amide bonds. The fraction of sp³-hybridized carbons (Fsp3) is 0.556. The number of hydrogen-bond acceptors (Lipinski definition) is 2. The molecule has 0 heterocycles. The molecule has 0 fully saturated rings. The van der Waals surface area contributed by atoms with Gasteiger partial charge < -0.3 is 10.1 Å². The summed E-state index contributed by atoms with van der Waals surface area (Å²) in [5, 5.41) is 3.03. The molecule has 0 saturated heterocycles. The first-order chi connectivity index (χ1) is 5.41. The summed E-state index contributed by atoms with van der Waals surface area (Å²) < 4.78 is 5.22. The van der Waals surface area contributed by atoms with Crippen molar-refractivity contribution in [3.8, 4) is 12.3 Å². The first-order valence-corrected chi connectivity index (χ1v) is 3.74. The third kappa shape index (κ3) is 9.22. The smallest absolute Gasteiger partial charge is 0.0591 e. The molecule has 2 heteroatoms. The zero-order valence-corrected chi connectivity index (χ0v) is 6.81. The number of rotatable bonds is 7. The summed E-state index contributed by atoms with van der Waals surface area (Å²) in [4.78, 5) is 0. The average molecular weight is 153 g/mol. The molecule has 0 aromatic heterocycles. The number of ether oxygens (including phenoxy) is 1. The Morgan fingerprint density at radius 1 is 1.55 bits per heavy atom. The van der Waals surface area contributed by atoms with Crippen LogP contribution in [0.3, 0.4) is 0 Å². The molecule has 0 aliphatic carbocycles. The second-order valence-electron chi connectivity index (χ2n) is 2.07. The van der Waals surface area contributed by atoms with Gasteiger partial charge in [-0.1, -0.05) is 12.0 Å². The van der Waals surface area contributed by atoms with Crippen molar-refractivity contribution in [2.45, 2.75) is 6.42 Å². The number of hydrogen-bond donors (Lipinski definition) is 1. The molecule has 0 unspecified atom stereocenters. The van der Waals surface area contributed by atoms with Crippen LogP contribution in [-0.4, -0.2) is 26.3 Å². The molecule has 11 heavy (non-hydrogen) atoms. The van der Waals surface area contributed by atoms with Crippen molar-refractivity contribution in [2.75, 3.05) is 26.3 Å². The lowest BCUT2D eigenvalue weighted by molar-refractivity contribution is 0.141. The van der Waals surface area contributed by atoms with Gasteiger partial charge in [-0.25, -0.2) is 0 Å². The van der Waals surface area contributed by atoms with Gasteiger partial charge in [0.05, 0.1) is 19.8 Å². The van der Waals surface area contributed by atoms with Crippen molar-refractivity contribution < 1.29 is 4.74 Å². The second kappa shape index (κ2) is 9.22. The van der Waals surface area contributed by atoms with E-state index in [1.807, 2.05) is 6.08 Å². The second-order valence-corrected chi connectivity index (χ2v) is 2.07. The van der Waals surface area contributed by atoms with E-state index >= 15 is 0 Å². The van der Waals surface area contributed by atoms with E-state index in [1.54, 1.807) is 0 Å². The molecule has 0 rings (SSSR count). The highest BCUT2D eigenvalue weighted by Gasteiger charge is 1.84. The third-order valence-electron chi connectivity index (χ3n) is 1.12. The fourth-order valence-corrected chi connectivity index (χ4v) is 0.574. The van der Waals surface area contributed by atoms with E-state index in [-0.39, 0.29) is 0 Å². The summed E-state index contributed by atoms with van der Waals surface area (Å²) in [6.07, 6.45) is 7.78. The molecule has 0 bridgehead atoms. The molecule has 2 nitrogen and oxygen atoms in total. The Labute approximate surface area is 68.6 Å². The molecule has 0 saturated carbocycles. The predicted molar refractivity (Wildman–Crippen MR) is 47.3 cm³/mol. The maximum absolute atomic E-state index is 5.22. The number of nitrogens with one attached hydrogen (secondary N) is 1. The molecular formula is C9H15NO. The van der Waals surface area contributed by atoms with Gasteiger partial charge in [-0.05, 0) is 6.42 Å². The van der Waals surface area contributed by atoms with Crippen LogP contribution in [0.5, 0.6) is 0 Å². The first-order valence-electron chi connectivity index (χ1n) is 3.74. The van der Waals surface area contributed by atoms with Crippen molar-refractivity contribution in [3.05, 3.63) is 12.7 Å². The van der Waals surface area contributed by atoms with E-state index in [2.05, 4.69) is 17.8 Å². The first kappa shape index (κ1) is 10.2. The van der Waals surface area contributed by atoms with Gasteiger partial charge in [-0.3, -0.25) is 0 Å².